The maximum Gasteiger partial charge on any atom is 0.309 e. The first-order chi connectivity index (χ1) is 9.79. The van der Waals surface area contributed by atoms with E-state index in [4.69, 9.17) is 4.74 Å². The number of aryl methyl sites for hydroxylation is 1. The van der Waals surface area contributed by atoms with Crippen LogP contribution in [0.25, 0.3) is 5.69 Å². The fourth-order valence-corrected chi connectivity index (χ4v) is 2.62. The van der Waals surface area contributed by atoms with Gasteiger partial charge in [0.15, 0.2) is 0 Å². The lowest BCUT2D eigenvalue weighted by Gasteiger charge is -2.20. The van der Waals surface area contributed by atoms with Crippen molar-refractivity contribution < 1.29 is 9.53 Å². The van der Waals surface area contributed by atoms with Gasteiger partial charge in [-0.2, -0.15) is 0 Å². The third-order valence-electron chi connectivity index (χ3n) is 3.63. The summed E-state index contributed by atoms with van der Waals surface area (Å²) in [6.45, 7) is 2.26. The quantitative estimate of drug-likeness (QED) is 0.800. The van der Waals surface area contributed by atoms with E-state index >= 15 is 0 Å². The molecule has 104 valence electrons. The number of nitrogens with zero attached hydrogens (tertiary/aromatic N) is 3. The van der Waals surface area contributed by atoms with Gasteiger partial charge in [-0.25, -0.2) is 4.68 Å². The highest BCUT2D eigenvalue weighted by Gasteiger charge is 2.29. The molecule has 0 aliphatic heterocycles. The van der Waals surface area contributed by atoms with Crippen LogP contribution in [0.3, 0.4) is 0 Å². The molecule has 1 atom stereocenters. The Bertz CT molecular complexity index is 607. The third-order valence-corrected chi connectivity index (χ3v) is 3.63. The van der Waals surface area contributed by atoms with Crippen molar-refractivity contribution in [1.29, 1.82) is 0 Å². The Morgan fingerprint density at radius 3 is 2.95 bits per heavy atom. The van der Waals surface area contributed by atoms with Gasteiger partial charge in [-0.05, 0) is 31.9 Å². The number of hydrogen-bond acceptors (Lipinski definition) is 4. The third kappa shape index (κ3) is 2.31. The molecule has 1 aromatic heterocycles. The minimum Gasteiger partial charge on any atom is -0.466 e. The van der Waals surface area contributed by atoms with Gasteiger partial charge in [0.25, 0.3) is 0 Å². The first-order valence-electron chi connectivity index (χ1n) is 6.95. The second-order valence-electron chi connectivity index (χ2n) is 4.92. The number of esters is 1. The van der Waals surface area contributed by atoms with E-state index in [1.165, 1.54) is 0 Å². The van der Waals surface area contributed by atoms with Crippen LogP contribution < -0.4 is 0 Å². The molecule has 5 nitrogen and oxygen atoms in total. The smallest absolute Gasteiger partial charge is 0.309 e. The minimum absolute atomic E-state index is 0.0802. The number of aromatic nitrogens is 3. The van der Waals surface area contributed by atoms with Gasteiger partial charge in [-0.3, -0.25) is 4.79 Å². The minimum atomic E-state index is -0.112. The van der Waals surface area contributed by atoms with Crippen LogP contribution in [0.15, 0.2) is 30.3 Å². The van der Waals surface area contributed by atoms with Crippen LogP contribution in [-0.4, -0.2) is 27.6 Å². The molecule has 0 fully saturated rings. The highest BCUT2D eigenvalue weighted by Crippen LogP contribution is 2.26. The second kappa shape index (κ2) is 5.45. The van der Waals surface area contributed by atoms with Gasteiger partial charge in [0, 0.05) is 6.42 Å². The summed E-state index contributed by atoms with van der Waals surface area (Å²) in [5.41, 5.74) is 3.00. The molecule has 0 saturated heterocycles. The van der Waals surface area contributed by atoms with E-state index in [2.05, 4.69) is 10.3 Å². The summed E-state index contributed by atoms with van der Waals surface area (Å²) in [5.74, 6) is -0.192. The van der Waals surface area contributed by atoms with E-state index in [1.54, 1.807) is 0 Å². The highest BCUT2D eigenvalue weighted by atomic mass is 16.5. The SMILES string of the molecule is CCOC(=O)C1CCc2nnn(-c3ccccc3)c2C1. The Morgan fingerprint density at radius 2 is 2.20 bits per heavy atom. The van der Waals surface area contributed by atoms with E-state index in [0.717, 1.165) is 29.9 Å². The molecular weight excluding hydrogens is 254 g/mol. The number of ether oxygens (including phenoxy) is 1. The summed E-state index contributed by atoms with van der Waals surface area (Å²) in [7, 11) is 0. The lowest BCUT2D eigenvalue weighted by molar-refractivity contribution is -0.148. The summed E-state index contributed by atoms with van der Waals surface area (Å²) in [6.07, 6.45) is 2.22. The molecule has 0 bridgehead atoms. The molecule has 2 aromatic rings. The van der Waals surface area contributed by atoms with Gasteiger partial charge in [-0.1, -0.05) is 23.4 Å². The zero-order valence-corrected chi connectivity index (χ0v) is 11.5. The van der Waals surface area contributed by atoms with E-state index in [0.29, 0.717) is 13.0 Å². The van der Waals surface area contributed by atoms with Crippen LogP contribution in [0.1, 0.15) is 24.7 Å². The van der Waals surface area contributed by atoms with Gasteiger partial charge in [-0.15, -0.1) is 5.10 Å². The summed E-state index contributed by atoms with van der Waals surface area (Å²) in [4.78, 5) is 11.9. The molecule has 0 spiro atoms. The Morgan fingerprint density at radius 1 is 1.40 bits per heavy atom. The Kier molecular flexibility index (Phi) is 3.50. The van der Waals surface area contributed by atoms with Crippen molar-refractivity contribution in [2.45, 2.75) is 26.2 Å². The van der Waals surface area contributed by atoms with Gasteiger partial charge >= 0.3 is 5.97 Å². The summed E-state index contributed by atoms with van der Waals surface area (Å²) < 4.78 is 6.96. The Labute approximate surface area is 117 Å². The molecule has 5 heteroatoms. The van der Waals surface area contributed by atoms with Crippen molar-refractivity contribution in [1.82, 2.24) is 15.0 Å². The molecule has 0 radical (unpaired) electrons. The molecule has 20 heavy (non-hydrogen) atoms. The fourth-order valence-electron chi connectivity index (χ4n) is 2.62. The Hall–Kier alpha value is -2.17. The van der Waals surface area contributed by atoms with E-state index in [1.807, 2.05) is 41.9 Å². The average Bonchev–Trinajstić information content (AvgIpc) is 2.91. The van der Waals surface area contributed by atoms with Crippen molar-refractivity contribution in [2.75, 3.05) is 6.61 Å². The number of benzene rings is 1. The lowest BCUT2D eigenvalue weighted by atomic mass is 9.89. The number of para-hydroxylation sites is 1. The fraction of sp³-hybridized carbons (Fsp3) is 0.400. The molecular formula is C15H17N3O2. The number of carbonyl (C=O) groups is 1. The molecule has 1 heterocycles. The molecule has 1 unspecified atom stereocenters. The van der Waals surface area contributed by atoms with Crippen molar-refractivity contribution in [3.63, 3.8) is 0 Å². The Balaban J connectivity index is 1.89. The number of rotatable bonds is 3. The van der Waals surface area contributed by atoms with Crippen molar-refractivity contribution in [3.05, 3.63) is 41.7 Å². The first-order valence-corrected chi connectivity index (χ1v) is 6.95. The molecule has 1 aliphatic carbocycles. The van der Waals surface area contributed by atoms with Crippen molar-refractivity contribution in [2.24, 2.45) is 5.92 Å². The standard InChI is InChI=1S/C15H17N3O2/c1-2-20-15(19)11-8-9-13-14(10-11)18(17-16-13)12-6-4-3-5-7-12/h3-7,11H,2,8-10H2,1H3. The van der Waals surface area contributed by atoms with Crippen LogP contribution in [0.4, 0.5) is 0 Å². The van der Waals surface area contributed by atoms with Crippen molar-refractivity contribution >= 4 is 5.97 Å². The predicted octanol–water partition coefficient (Wildman–Crippen LogP) is 1.94. The second-order valence-corrected chi connectivity index (χ2v) is 4.92. The topological polar surface area (TPSA) is 57.0 Å². The highest BCUT2D eigenvalue weighted by molar-refractivity contribution is 5.73. The molecule has 0 N–H and O–H groups in total. The van der Waals surface area contributed by atoms with E-state index in [-0.39, 0.29) is 11.9 Å². The summed E-state index contributed by atoms with van der Waals surface area (Å²) in [6, 6.07) is 9.88. The largest absolute Gasteiger partial charge is 0.466 e. The monoisotopic (exact) mass is 271 g/mol. The van der Waals surface area contributed by atoms with Gasteiger partial charge in [0.1, 0.15) is 0 Å². The van der Waals surface area contributed by atoms with E-state index < -0.39 is 0 Å². The van der Waals surface area contributed by atoms with Gasteiger partial charge < -0.3 is 4.74 Å². The summed E-state index contributed by atoms with van der Waals surface area (Å²) >= 11 is 0. The molecule has 1 aromatic carbocycles. The van der Waals surface area contributed by atoms with Crippen LogP contribution in [0, 0.1) is 5.92 Å². The van der Waals surface area contributed by atoms with E-state index in [9.17, 15) is 4.79 Å². The van der Waals surface area contributed by atoms with Crippen LogP contribution >= 0.6 is 0 Å². The zero-order chi connectivity index (χ0) is 13.9. The number of hydrogen-bond donors (Lipinski definition) is 0. The van der Waals surface area contributed by atoms with Crippen molar-refractivity contribution in [3.8, 4) is 5.69 Å². The van der Waals surface area contributed by atoms with Crippen LogP contribution in [0.2, 0.25) is 0 Å². The molecule has 0 saturated carbocycles. The molecule has 1 aliphatic rings. The average molecular weight is 271 g/mol. The number of carbonyl (C=O) groups excluding carboxylic acids is 1. The number of fused-ring (bicyclic) bond motifs is 1. The zero-order valence-electron chi connectivity index (χ0n) is 11.5. The van der Waals surface area contributed by atoms with Gasteiger partial charge in [0.05, 0.1) is 29.6 Å². The van der Waals surface area contributed by atoms with Crippen LogP contribution in [0.5, 0.6) is 0 Å². The normalized spacial score (nSPS) is 17.6. The maximum atomic E-state index is 11.9. The molecule has 3 rings (SSSR count). The molecule has 0 amide bonds. The maximum absolute atomic E-state index is 11.9. The van der Waals surface area contributed by atoms with Crippen LogP contribution in [-0.2, 0) is 22.4 Å². The lowest BCUT2D eigenvalue weighted by Crippen LogP contribution is -2.25. The van der Waals surface area contributed by atoms with Gasteiger partial charge in [0.2, 0.25) is 0 Å². The first kappa shape index (κ1) is 12.8. The summed E-state index contributed by atoms with van der Waals surface area (Å²) in [5, 5.41) is 8.46. The predicted molar refractivity (Wildman–Crippen MR) is 73.5 cm³/mol.